The monoisotopic (exact) mass is 339 g/mol. The molecule has 0 aromatic heterocycles. The normalized spacial score (nSPS) is 12.8. The number of ether oxygens (including phenoxy) is 3. The maximum Gasteiger partial charge on any atom is 0.134 e. The van der Waals surface area contributed by atoms with Crippen molar-refractivity contribution in [3.63, 3.8) is 0 Å². The van der Waals surface area contributed by atoms with Crippen molar-refractivity contribution in [2.24, 2.45) is 5.92 Å². The van der Waals surface area contributed by atoms with E-state index in [0.29, 0.717) is 32.3 Å². The summed E-state index contributed by atoms with van der Waals surface area (Å²) in [5.74, 6) is 1.34. The van der Waals surface area contributed by atoms with E-state index in [1.165, 1.54) is 0 Å². The molecule has 2 N–H and O–H groups in total. The summed E-state index contributed by atoms with van der Waals surface area (Å²) < 4.78 is 16.8. The third kappa shape index (κ3) is 9.88. The minimum absolute atomic E-state index is 0.00813. The topological polar surface area (TPSA) is 60.0 Å². The van der Waals surface area contributed by atoms with Crippen molar-refractivity contribution in [1.82, 2.24) is 5.32 Å². The maximum atomic E-state index is 9.42. The summed E-state index contributed by atoms with van der Waals surface area (Å²) in [6, 6.07) is 7.78. The summed E-state index contributed by atoms with van der Waals surface area (Å²) in [4.78, 5) is 0. The number of hydrogen-bond acceptors (Lipinski definition) is 5. The van der Waals surface area contributed by atoms with E-state index in [-0.39, 0.29) is 18.8 Å². The van der Waals surface area contributed by atoms with Crippen molar-refractivity contribution < 1.29 is 19.3 Å². The Morgan fingerprint density at radius 2 is 1.71 bits per heavy atom. The van der Waals surface area contributed by atoms with E-state index >= 15 is 0 Å². The molecule has 0 saturated heterocycles. The SMILES string of the molecule is CC(C)CNCC(CO)Oc1ccc(COCCOC(C)C)cc1. The third-order valence-corrected chi connectivity index (χ3v) is 3.30. The highest BCUT2D eigenvalue weighted by Gasteiger charge is 2.09. The van der Waals surface area contributed by atoms with Gasteiger partial charge in [0.05, 0.1) is 32.5 Å². The van der Waals surface area contributed by atoms with Gasteiger partial charge in [-0.05, 0) is 44.0 Å². The van der Waals surface area contributed by atoms with Gasteiger partial charge in [-0.1, -0.05) is 26.0 Å². The van der Waals surface area contributed by atoms with Gasteiger partial charge in [0.25, 0.3) is 0 Å². The molecule has 24 heavy (non-hydrogen) atoms. The number of rotatable bonds is 13. The first-order chi connectivity index (χ1) is 11.5. The number of nitrogens with one attached hydrogen (secondary N) is 1. The van der Waals surface area contributed by atoms with Crippen LogP contribution in [0.4, 0.5) is 0 Å². The Kier molecular flexibility index (Phi) is 10.7. The zero-order chi connectivity index (χ0) is 17.8. The van der Waals surface area contributed by atoms with Crippen LogP contribution in [0.2, 0.25) is 0 Å². The summed E-state index contributed by atoms with van der Waals surface area (Å²) in [5, 5.41) is 12.7. The van der Waals surface area contributed by atoms with Gasteiger partial charge in [-0.2, -0.15) is 0 Å². The molecule has 0 aliphatic rings. The molecule has 1 aromatic rings. The zero-order valence-corrected chi connectivity index (χ0v) is 15.5. The first-order valence-corrected chi connectivity index (χ1v) is 8.77. The highest BCUT2D eigenvalue weighted by molar-refractivity contribution is 5.27. The van der Waals surface area contributed by atoms with E-state index in [2.05, 4.69) is 19.2 Å². The molecule has 0 bridgehead atoms. The molecule has 0 heterocycles. The minimum Gasteiger partial charge on any atom is -0.487 e. The molecule has 0 aliphatic heterocycles. The standard InChI is InChI=1S/C19H33NO4/c1-15(2)11-20-12-19(13-21)24-18-7-5-17(6-8-18)14-22-9-10-23-16(3)4/h5-8,15-16,19-21H,9-14H2,1-4H3. The Labute approximate surface area is 146 Å². The van der Waals surface area contributed by atoms with Crippen molar-refractivity contribution in [3.05, 3.63) is 29.8 Å². The van der Waals surface area contributed by atoms with Gasteiger partial charge in [0.15, 0.2) is 0 Å². The number of benzene rings is 1. The Balaban J connectivity index is 2.29. The molecule has 1 atom stereocenters. The van der Waals surface area contributed by atoms with Crippen LogP contribution in [0.3, 0.4) is 0 Å². The van der Waals surface area contributed by atoms with E-state index in [9.17, 15) is 5.11 Å². The average molecular weight is 339 g/mol. The lowest BCUT2D eigenvalue weighted by atomic mass is 10.2. The van der Waals surface area contributed by atoms with Gasteiger partial charge >= 0.3 is 0 Å². The molecule has 1 rings (SSSR count). The Morgan fingerprint density at radius 1 is 1.00 bits per heavy atom. The fourth-order valence-electron chi connectivity index (χ4n) is 2.07. The van der Waals surface area contributed by atoms with E-state index < -0.39 is 0 Å². The van der Waals surface area contributed by atoms with Gasteiger partial charge in [-0.3, -0.25) is 0 Å². The molecule has 1 unspecified atom stereocenters. The van der Waals surface area contributed by atoms with Crippen molar-refractivity contribution in [2.45, 2.75) is 46.5 Å². The quantitative estimate of drug-likeness (QED) is 0.541. The smallest absolute Gasteiger partial charge is 0.134 e. The lowest BCUT2D eigenvalue weighted by molar-refractivity contribution is 0.0143. The molecular weight excluding hydrogens is 306 g/mol. The lowest BCUT2D eigenvalue weighted by Crippen LogP contribution is -2.35. The fourth-order valence-corrected chi connectivity index (χ4v) is 2.07. The Morgan fingerprint density at radius 3 is 2.29 bits per heavy atom. The van der Waals surface area contributed by atoms with E-state index in [4.69, 9.17) is 14.2 Å². The molecule has 0 radical (unpaired) electrons. The third-order valence-electron chi connectivity index (χ3n) is 3.30. The number of aliphatic hydroxyl groups is 1. The van der Waals surface area contributed by atoms with E-state index in [1.807, 2.05) is 38.1 Å². The van der Waals surface area contributed by atoms with Gasteiger partial charge in [-0.15, -0.1) is 0 Å². The van der Waals surface area contributed by atoms with Crippen molar-refractivity contribution in [1.29, 1.82) is 0 Å². The van der Waals surface area contributed by atoms with E-state index in [1.54, 1.807) is 0 Å². The van der Waals surface area contributed by atoms with Crippen molar-refractivity contribution >= 4 is 0 Å². The van der Waals surface area contributed by atoms with Crippen LogP contribution < -0.4 is 10.1 Å². The van der Waals surface area contributed by atoms with Crippen LogP contribution in [0.5, 0.6) is 5.75 Å². The molecule has 0 spiro atoms. The molecule has 0 amide bonds. The second-order valence-corrected chi connectivity index (χ2v) is 6.59. The van der Waals surface area contributed by atoms with Crippen LogP contribution in [0, 0.1) is 5.92 Å². The molecule has 1 aromatic carbocycles. The predicted molar refractivity (Wildman–Crippen MR) is 96.4 cm³/mol. The van der Waals surface area contributed by atoms with Crippen LogP contribution in [0.15, 0.2) is 24.3 Å². The average Bonchev–Trinajstić information content (AvgIpc) is 2.54. The van der Waals surface area contributed by atoms with E-state index in [0.717, 1.165) is 17.9 Å². The van der Waals surface area contributed by atoms with Crippen molar-refractivity contribution in [2.75, 3.05) is 32.9 Å². The first-order valence-electron chi connectivity index (χ1n) is 8.77. The van der Waals surface area contributed by atoms with Crippen LogP contribution in [-0.4, -0.2) is 50.2 Å². The predicted octanol–water partition coefficient (Wildman–Crippen LogP) is 2.61. The highest BCUT2D eigenvalue weighted by atomic mass is 16.5. The summed E-state index contributed by atoms with van der Waals surface area (Å²) in [7, 11) is 0. The maximum absolute atomic E-state index is 9.42. The van der Waals surface area contributed by atoms with Crippen molar-refractivity contribution in [3.8, 4) is 5.75 Å². The van der Waals surface area contributed by atoms with Crippen LogP contribution in [0.25, 0.3) is 0 Å². The van der Waals surface area contributed by atoms with Gasteiger partial charge < -0.3 is 24.6 Å². The van der Waals surface area contributed by atoms with Gasteiger partial charge in [0.2, 0.25) is 0 Å². The Bertz CT molecular complexity index is 420. The fraction of sp³-hybridized carbons (Fsp3) is 0.684. The summed E-state index contributed by atoms with van der Waals surface area (Å²) >= 11 is 0. The highest BCUT2D eigenvalue weighted by Crippen LogP contribution is 2.14. The van der Waals surface area contributed by atoms with Gasteiger partial charge in [0, 0.05) is 6.54 Å². The molecule has 5 nitrogen and oxygen atoms in total. The summed E-state index contributed by atoms with van der Waals surface area (Å²) in [6.45, 7) is 11.6. The van der Waals surface area contributed by atoms with Crippen LogP contribution in [0.1, 0.15) is 33.3 Å². The first kappa shape index (κ1) is 20.9. The molecule has 5 heteroatoms. The summed E-state index contributed by atoms with van der Waals surface area (Å²) in [6.07, 6.45) is -0.00133. The van der Waals surface area contributed by atoms with Crippen LogP contribution >= 0.6 is 0 Å². The lowest BCUT2D eigenvalue weighted by Gasteiger charge is -2.18. The molecule has 0 saturated carbocycles. The molecule has 138 valence electrons. The van der Waals surface area contributed by atoms with Gasteiger partial charge in [-0.25, -0.2) is 0 Å². The largest absolute Gasteiger partial charge is 0.487 e. The summed E-state index contributed by atoms with van der Waals surface area (Å²) in [5.41, 5.74) is 1.09. The van der Waals surface area contributed by atoms with Gasteiger partial charge in [0.1, 0.15) is 11.9 Å². The molecule has 0 fully saturated rings. The van der Waals surface area contributed by atoms with Crippen LogP contribution in [-0.2, 0) is 16.1 Å². The number of hydrogen-bond donors (Lipinski definition) is 2. The minimum atomic E-state index is -0.237. The Hall–Kier alpha value is -1.14. The number of aliphatic hydroxyl groups excluding tert-OH is 1. The second-order valence-electron chi connectivity index (χ2n) is 6.59. The molecular formula is C19H33NO4. The second kappa shape index (κ2) is 12.3. The zero-order valence-electron chi connectivity index (χ0n) is 15.5. The molecule has 0 aliphatic carbocycles.